The average molecular weight is 279 g/mol. The van der Waals surface area contributed by atoms with Crippen LogP contribution in [0.25, 0.3) is 10.9 Å². The maximum Gasteiger partial charge on any atom is 0.330 e. The molecule has 0 aliphatic rings. The standard InChI is InChI=1S/C16H13N3O2/c20-16(21)14(11-6-2-1-3-7-11)19-15-12-8-4-5-9-13(12)17-10-18-15/h1-10,14H,(H,20,21)(H,17,18,19)/t14-/m0/s1. The third kappa shape index (κ3) is 2.67. The van der Waals surface area contributed by atoms with Crippen molar-refractivity contribution in [1.29, 1.82) is 0 Å². The van der Waals surface area contributed by atoms with E-state index in [-0.39, 0.29) is 0 Å². The van der Waals surface area contributed by atoms with Gasteiger partial charge in [0.25, 0.3) is 0 Å². The Bertz CT molecular complexity index is 769. The lowest BCUT2D eigenvalue weighted by atomic mass is 10.1. The minimum atomic E-state index is -0.955. The van der Waals surface area contributed by atoms with Gasteiger partial charge in [0, 0.05) is 5.39 Å². The molecule has 104 valence electrons. The summed E-state index contributed by atoms with van der Waals surface area (Å²) in [7, 11) is 0. The number of hydrogen-bond donors (Lipinski definition) is 2. The molecule has 0 radical (unpaired) electrons. The Morgan fingerprint density at radius 2 is 1.71 bits per heavy atom. The number of carbonyl (C=O) groups is 1. The SMILES string of the molecule is O=C(O)[C@@H](Nc1ncnc2ccccc12)c1ccccc1. The van der Waals surface area contributed by atoms with Crippen LogP contribution in [-0.2, 0) is 4.79 Å². The number of aromatic nitrogens is 2. The van der Waals surface area contributed by atoms with Crippen LogP contribution in [0.15, 0.2) is 60.9 Å². The number of para-hydroxylation sites is 1. The second-order valence-electron chi connectivity index (χ2n) is 4.57. The normalized spacial score (nSPS) is 12.0. The van der Waals surface area contributed by atoms with Crippen LogP contribution in [0.4, 0.5) is 5.82 Å². The summed E-state index contributed by atoms with van der Waals surface area (Å²) in [5.74, 6) is -0.444. The molecule has 0 unspecified atom stereocenters. The van der Waals surface area contributed by atoms with Gasteiger partial charge in [-0.15, -0.1) is 0 Å². The summed E-state index contributed by atoms with van der Waals surface area (Å²) in [6.07, 6.45) is 1.43. The van der Waals surface area contributed by atoms with Crippen molar-refractivity contribution < 1.29 is 9.90 Å². The van der Waals surface area contributed by atoms with Gasteiger partial charge in [-0.2, -0.15) is 0 Å². The molecule has 21 heavy (non-hydrogen) atoms. The third-order valence-electron chi connectivity index (χ3n) is 3.20. The van der Waals surface area contributed by atoms with Crippen LogP contribution < -0.4 is 5.32 Å². The Labute approximate surface area is 121 Å². The van der Waals surface area contributed by atoms with Crippen LogP contribution in [0.5, 0.6) is 0 Å². The molecule has 0 aliphatic carbocycles. The molecule has 3 rings (SSSR count). The fourth-order valence-corrected chi connectivity index (χ4v) is 2.19. The molecule has 0 bridgehead atoms. The number of aliphatic carboxylic acids is 1. The van der Waals surface area contributed by atoms with Gasteiger partial charge in [0.2, 0.25) is 0 Å². The molecule has 1 atom stereocenters. The molecule has 2 aromatic carbocycles. The number of carboxylic acids is 1. The summed E-state index contributed by atoms with van der Waals surface area (Å²) in [5.41, 5.74) is 1.44. The fraction of sp³-hybridized carbons (Fsp3) is 0.0625. The van der Waals surface area contributed by atoms with E-state index >= 15 is 0 Å². The van der Waals surface area contributed by atoms with Crippen molar-refractivity contribution in [1.82, 2.24) is 9.97 Å². The lowest BCUT2D eigenvalue weighted by Gasteiger charge is -2.16. The number of anilines is 1. The number of fused-ring (bicyclic) bond motifs is 1. The predicted molar refractivity (Wildman–Crippen MR) is 80.0 cm³/mol. The fourth-order valence-electron chi connectivity index (χ4n) is 2.19. The van der Waals surface area contributed by atoms with E-state index in [0.29, 0.717) is 11.4 Å². The second-order valence-corrected chi connectivity index (χ2v) is 4.57. The number of nitrogens with one attached hydrogen (secondary N) is 1. The molecule has 0 saturated heterocycles. The number of rotatable bonds is 4. The van der Waals surface area contributed by atoms with Crippen molar-refractivity contribution in [3.8, 4) is 0 Å². The number of benzene rings is 2. The Balaban J connectivity index is 2.01. The van der Waals surface area contributed by atoms with Crippen molar-refractivity contribution >= 4 is 22.7 Å². The molecule has 0 fully saturated rings. The first-order valence-electron chi connectivity index (χ1n) is 6.50. The minimum Gasteiger partial charge on any atom is -0.479 e. The van der Waals surface area contributed by atoms with Crippen LogP contribution in [0, 0.1) is 0 Å². The van der Waals surface area contributed by atoms with Crippen molar-refractivity contribution in [3.63, 3.8) is 0 Å². The minimum absolute atomic E-state index is 0.511. The lowest BCUT2D eigenvalue weighted by molar-refractivity contribution is -0.138. The number of hydrogen-bond acceptors (Lipinski definition) is 4. The summed E-state index contributed by atoms with van der Waals surface area (Å²) >= 11 is 0. The van der Waals surface area contributed by atoms with E-state index in [1.54, 1.807) is 12.1 Å². The van der Waals surface area contributed by atoms with Crippen LogP contribution >= 0.6 is 0 Å². The highest BCUT2D eigenvalue weighted by Crippen LogP contribution is 2.24. The molecule has 0 spiro atoms. The predicted octanol–water partition coefficient (Wildman–Crippen LogP) is 2.87. The smallest absolute Gasteiger partial charge is 0.330 e. The highest BCUT2D eigenvalue weighted by atomic mass is 16.4. The maximum absolute atomic E-state index is 11.5. The quantitative estimate of drug-likeness (QED) is 0.768. The Hall–Kier alpha value is -2.95. The average Bonchev–Trinajstić information content (AvgIpc) is 2.53. The first kappa shape index (κ1) is 13.1. The van der Waals surface area contributed by atoms with Crippen LogP contribution in [0.3, 0.4) is 0 Å². The van der Waals surface area contributed by atoms with Crippen molar-refractivity contribution in [2.45, 2.75) is 6.04 Å². The summed E-state index contributed by atoms with van der Waals surface area (Å²) in [5, 5.41) is 13.2. The Morgan fingerprint density at radius 3 is 2.48 bits per heavy atom. The van der Waals surface area contributed by atoms with Gasteiger partial charge in [-0.3, -0.25) is 0 Å². The molecule has 1 heterocycles. The Kier molecular flexibility index (Phi) is 3.47. The number of nitrogens with zero attached hydrogens (tertiary/aromatic N) is 2. The Morgan fingerprint density at radius 1 is 1.00 bits per heavy atom. The zero-order chi connectivity index (χ0) is 14.7. The van der Waals surface area contributed by atoms with E-state index in [4.69, 9.17) is 0 Å². The molecule has 1 aromatic heterocycles. The van der Waals surface area contributed by atoms with Gasteiger partial charge in [0.05, 0.1) is 5.52 Å². The van der Waals surface area contributed by atoms with Gasteiger partial charge in [-0.05, 0) is 17.7 Å². The molecule has 0 aliphatic heterocycles. The van der Waals surface area contributed by atoms with Crippen molar-refractivity contribution in [2.75, 3.05) is 5.32 Å². The largest absolute Gasteiger partial charge is 0.479 e. The van der Waals surface area contributed by atoms with Gasteiger partial charge in [-0.25, -0.2) is 14.8 Å². The zero-order valence-corrected chi connectivity index (χ0v) is 11.1. The van der Waals surface area contributed by atoms with Crippen LogP contribution in [-0.4, -0.2) is 21.0 Å². The topological polar surface area (TPSA) is 75.1 Å². The van der Waals surface area contributed by atoms with Crippen LogP contribution in [0.2, 0.25) is 0 Å². The van der Waals surface area contributed by atoms with E-state index in [1.807, 2.05) is 42.5 Å². The second kappa shape index (κ2) is 5.58. The highest BCUT2D eigenvalue weighted by Gasteiger charge is 2.20. The van der Waals surface area contributed by atoms with Gasteiger partial charge >= 0.3 is 5.97 Å². The first-order chi connectivity index (χ1) is 10.3. The van der Waals surface area contributed by atoms with Crippen molar-refractivity contribution in [2.24, 2.45) is 0 Å². The zero-order valence-electron chi connectivity index (χ0n) is 11.1. The molecular weight excluding hydrogens is 266 g/mol. The van der Waals surface area contributed by atoms with E-state index in [2.05, 4.69) is 15.3 Å². The molecule has 5 heteroatoms. The molecular formula is C16H13N3O2. The maximum atomic E-state index is 11.5. The van der Waals surface area contributed by atoms with Gasteiger partial charge in [-0.1, -0.05) is 42.5 Å². The molecule has 2 N–H and O–H groups in total. The third-order valence-corrected chi connectivity index (χ3v) is 3.20. The van der Waals surface area contributed by atoms with Gasteiger partial charge in [0.1, 0.15) is 12.1 Å². The molecule has 3 aromatic rings. The van der Waals surface area contributed by atoms with E-state index in [0.717, 1.165) is 10.9 Å². The monoisotopic (exact) mass is 279 g/mol. The molecule has 0 saturated carbocycles. The van der Waals surface area contributed by atoms with Gasteiger partial charge in [0.15, 0.2) is 6.04 Å². The summed E-state index contributed by atoms with van der Waals surface area (Å²) in [6.45, 7) is 0. The van der Waals surface area contributed by atoms with Crippen molar-refractivity contribution in [3.05, 3.63) is 66.5 Å². The summed E-state index contributed by atoms with van der Waals surface area (Å²) in [4.78, 5) is 19.9. The number of carboxylic acid groups (broad SMARTS) is 1. The van der Waals surface area contributed by atoms with Crippen LogP contribution in [0.1, 0.15) is 11.6 Å². The van der Waals surface area contributed by atoms with E-state index in [9.17, 15) is 9.90 Å². The lowest BCUT2D eigenvalue weighted by Crippen LogP contribution is -2.21. The van der Waals surface area contributed by atoms with Gasteiger partial charge < -0.3 is 10.4 Å². The first-order valence-corrected chi connectivity index (χ1v) is 6.50. The molecule has 5 nitrogen and oxygen atoms in total. The molecule has 0 amide bonds. The summed E-state index contributed by atoms with van der Waals surface area (Å²) < 4.78 is 0. The van der Waals surface area contributed by atoms with E-state index < -0.39 is 12.0 Å². The highest BCUT2D eigenvalue weighted by molar-refractivity contribution is 5.90. The summed E-state index contributed by atoms with van der Waals surface area (Å²) in [6, 6.07) is 15.6. The van der Waals surface area contributed by atoms with E-state index in [1.165, 1.54) is 6.33 Å².